The SMILES string of the molecule is CCCC(N)C(=O)Nc1ccc(C)cc1Cl.Cl. The van der Waals surface area contributed by atoms with E-state index in [4.69, 9.17) is 17.3 Å². The van der Waals surface area contributed by atoms with Crippen LogP contribution < -0.4 is 11.1 Å². The van der Waals surface area contributed by atoms with Crippen LogP contribution in [0.2, 0.25) is 5.02 Å². The van der Waals surface area contributed by atoms with E-state index in [0.29, 0.717) is 17.1 Å². The maximum absolute atomic E-state index is 11.6. The molecule has 0 radical (unpaired) electrons. The molecule has 3 nitrogen and oxygen atoms in total. The second-order valence-electron chi connectivity index (χ2n) is 3.87. The smallest absolute Gasteiger partial charge is 0.241 e. The maximum Gasteiger partial charge on any atom is 0.241 e. The summed E-state index contributed by atoms with van der Waals surface area (Å²) in [4.78, 5) is 11.6. The standard InChI is InChI=1S/C12H17ClN2O.ClH/c1-3-4-10(14)12(16)15-11-6-5-8(2)7-9(11)13;/h5-7,10H,3-4,14H2,1-2H3,(H,15,16);1H. The highest BCUT2D eigenvalue weighted by atomic mass is 35.5. The number of anilines is 1. The Morgan fingerprint density at radius 2 is 2.18 bits per heavy atom. The van der Waals surface area contributed by atoms with Crippen LogP contribution in [-0.4, -0.2) is 11.9 Å². The molecule has 17 heavy (non-hydrogen) atoms. The number of nitrogens with one attached hydrogen (secondary N) is 1. The Labute approximate surface area is 113 Å². The number of carbonyl (C=O) groups is 1. The molecule has 1 aromatic rings. The van der Waals surface area contributed by atoms with Gasteiger partial charge >= 0.3 is 0 Å². The second kappa shape index (κ2) is 7.54. The van der Waals surface area contributed by atoms with E-state index in [0.717, 1.165) is 12.0 Å². The predicted molar refractivity (Wildman–Crippen MR) is 75.0 cm³/mol. The first-order valence-electron chi connectivity index (χ1n) is 5.37. The van der Waals surface area contributed by atoms with Gasteiger partial charge in [0.25, 0.3) is 0 Å². The van der Waals surface area contributed by atoms with Gasteiger partial charge in [-0.15, -0.1) is 12.4 Å². The van der Waals surface area contributed by atoms with Crippen LogP contribution in [0.5, 0.6) is 0 Å². The van der Waals surface area contributed by atoms with E-state index in [1.807, 2.05) is 26.0 Å². The zero-order chi connectivity index (χ0) is 12.1. The lowest BCUT2D eigenvalue weighted by Gasteiger charge is -2.12. The molecule has 0 aliphatic carbocycles. The van der Waals surface area contributed by atoms with Gasteiger partial charge in [-0.25, -0.2) is 0 Å². The van der Waals surface area contributed by atoms with Crippen LogP contribution >= 0.6 is 24.0 Å². The molecule has 0 saturated carbocycles. The summed E-state index contributed by atoms with van der Waals surface area (Å²) < 4.78 is 0. The molecule has 0 aliphatic rings. The summed E-state index contributed by atoms with van der Waals surface area (Å²) in [7, 11) is 0. The molecule has 1 aromatic carbocycles. The molecule has 5 heteroatoms. The van der Waals surface area contributed by atoms with Crippen molar-refractivity contribution in [1.29, 1.82) is 0 Å². The third-order valence-corrected chi connectivity index (χ3v) is 2.63. The molecule has 0 aromatic heterocycles. The van der Waals surface area contributed by atoms with E-state index in [9.17, 15) is 4.79 Å². The van der Waals surface area contributed by atoms with Gasteiger partial charge in [0.05, 0.1) is 16.8 Å². The first-order valence-corrected chi connectivity index (χ1v) is 5.75. The van der Waals surface area contributed by atoms with E-state index in [1.54, 1.807) is 6.07 Å². The Hall–Kier alpha value is -0.770. The normalized spacial score (nSPS) is 11.5. The molecule has 0 bridgehead atoms. The molecule has 1 unspecified atom stereocenters. The second-order valence-corrected chi connectivity index (χ2v) is 4.27. The number of halogens is 2. The molecule has 0 saturated heterocycles. The van der Waals surface area contributed by atoms with Crippen LogP contribution in [0.1, 0.15) is 25.3 Å². The Morgan fingerprint density at radius 1 is 1.53 bits per heavy atom. The molecule has 1 amide bonds. The number of hydrogen-bond acceptors (Lipinski definition) is 2. The fourth-order valence-corrected chi connectivity index (χ4v) is 1.67. The highest BCUT2D eigenvalue weighted by molar-refractivity contribution is 6.33. The van der Waals surface area contributed by atoms with Crippen molar-refractivity contribution in [3.8, 4) is 0 Å². The van der Waals surface area contributed by atoms with Crippen molar-refractivity contribution in [3.63, 3.8) is 0 Å². The van der Waals surface area contributed by atoms with Crippen LogP contribution in [-0.2, 0) is 4.79 Å². The van der Waals surface area contributed by atoms with Gasteiger partial charge in [0, 0.05) is 0 Å². The van der Waals surface area contributed by atoms with Crippen LogP contribution in [0.3, 0.4) is 0 Å². The van der Waals surface area contributed by atoms with Gasteiger partial charge in [-0.1, -0.05) is 31.0 Å². The topological polar surface area (TPSA) is 55.1 Å². The van der Waals surface area contributed by atoms with Crippen molar-refractivity contribution in [2.24, 2.45) is 5.73 Å². The summed E-state index contributed by atoms with van der Waals surface area (Å²) in [5.74, 6) is -0.187. The molecule has 0 heterocycles. The fraction of sp³-hybridized carbons (Fsp3) is 0.417. The molecule has 3 N–H and O–H groups in total. The average molecular weight is 277 g/mol. The molecule has 0 fully saturated rings. The lowest BCUT2D eigenvalue weighted by Crippen LogP contribution is -2.35. The van der Waals surface area contributed by atoms with Gasteiger partial charge in [-0.05, 0) is 31.0 Å². The van der Waals surface area contributed by atoms with Crippen LogP contribution in [0.15, 0.2) is 18.2 Å². The first-order chi connectivity index (χ1) is 7.54. The zero-order valence-corrected chi connectivity index (χ0v) is 11.6. The molecule has 0 spiro atoms. The van der Waals surface area contributed by atoms with E-state index in [-0.39, 0.29) is 18.3 Å². The number of amides is 1. The third kappa shape index (κ3) is 4.94. The number of hydrogen-bond donors (Lipinski definition) is 2. The molecular formula is C12H18Cl2N2O. The number of benzene rings is 1. The van der Waals surface area contributed by atoms with Gasteiger partial charge < -0.3 is 11.1 Å². The average Bonchev–Trinajstić information content (AvgIpc) is 2.22. The van der Waals surface area contributed by atoms with Crippen LogP contribution in [0.4, 0.5) is 5.69 Å². The molecule has 96 valence electrons. The van der Waals surface area contributed by atoms with E-state index in [2.05, 4.69) is 5.32 Å². The summed E-state index contributed by atoms with van der Waals surface area (Å²) in [6, 6.07) is 5.02. The monoisotopic (exact) mass is 276 g/mol. The zero-order valence-electron chi connectivity index (χ0n) is 10.00. The van der Waals surface area contributed by atoms with Crippen LogP contribution in [0.25, 0.3) is 0 Å². The summed E-state index contributed by atoms with van der Waals surface area (Å²) in [6.45, 7) is 3.94. The Kier molecular flexibility index (Phi) is 7.19. The van der Waals surface area contributed by atoms with Gasteiger partial charge in [0.1, 0.15) is 0 Å². The number of nitrogens with two attached hydrogens (primary N) is 1. The summed E-state index contributed by atoms with van der Waals surface area (Å²) >= 11 is 6.00. The lowest BCUT2D eigenvalue weighted by molar-refractivity contribution is -0.117. The van der Waals surface area contributed by atoms with Gasteiger partial charge in [-0.2, -0.15) is 0 Å². The Balaban J connectivity index is 0.00000256. The van der Waals surface area contributed by atoms with Crippen molar-refractivity contribution >= 4 is 35.6 Å². The van der Waals surface area contributed by atoms with E-state index < -0.39 is 6.04 Å². The van der Waals surface area contributed by atoms with Crippen molar-refractivity contribution in [1.82, 2.24) is 0 Å². The van der Waals surface area contributed by atoms with Crippen molar-refractivity contribution in [3.05, 3.63) is 28.8 Å². The first kappa shape index (κ1) is 16.2. The summed E-state index contributed by atoms with van der Waals surface area (Å²) in [6.07, 6.45) is 1.56. The largest absolute Gasteiger partial charge is 0.323 e. The minimum absolute atomic E-state index is 0. The Morgan fingerprint density at radius 3 is 2.71 bits per heavy atom. The van der Waals surface area contributed by atoms with Crippen molar-refractivity contribution in [2.75, 3.05) is 5.32 Å². The van der Waals surface area contributed by atoms with E-state index >= 15 is 0 Å². The maximum atomic E-state index is 11.6. The van der Waals surface area contributed by atoms with Gasteiger partial charge in [0.2, 0.25) is 5.91 Å². The highest BCUT2D eigenvalue weighted by Gasteiger charge is 2.13. The summed E-state index contributed by atoms with van der Waals surface area (Å²) in [5, 5.41) is 3.27. The highest BCUT2D eigenvalue weighted by Crippen LogP contribution is 2.22. The number of carbonyl (C=O) groups excluding carboxylic acids is 1. The van der Waals surface area contributed by atoms with Crippen molar-refractivity contribution in [2.45, 2.75) is 32.7 Å². The minimum atomic E-state index is -0.470. The van der Waals surface area contributed by atoms with E-state index in [1.165, 1.54) is 0 Å². The van der Waals surface area contributed by atoms with Crippen LogP contribution in [0, 0.1) is 6.92 Å². The molecular weight excluding hydrogens is 259 g/mol. The Bertz CT molecular complexity index is 383. The molecule has 0 aliphatic heterocycles. The van der Waals surface area contributed by atoms with Crippen molar-refractivity contribution < 1.29 is 4.79 Å². The number of rotatable bonds is 4. The predicted octanol–water partition coefficient (Wildman–Crippen LogP) is 3.14. The molecule has 1 atom stereocenters. The number of aryl methyl sites for hydroxylation is 1. The third-order valence-electron chi connectivity index (χ3n) is 2.32. The minimum Gasteiger partial charge on any atom is -0.323 e. The fourth-order valence-electron chi connectivity index (χ4n) is 1.39. The van der Waals surface area contributed by atoms with Gasteiger partial charge in [-0.3, -0.25) is 4.79 Å². The molecule has 1 rings (SSSR count). The quantitative estimate of drug-likeness (QED) is 0.888. The lowest BCUT2D eigenvalue weighted by atomic mass is 10.1. The summed E-state index contributed by atoms with van der Waals surface area (Å²) in [5.41, 5.74) is 7.37. The van der Waals surface area contributed by atoms with Gasteiger partial charge in [0.15, 0.2) is 0 Å².